The quantitative estimate of drug-likeness (QED) is 0.415. The Morgan fingerprint density at radius 2 is 1.46 bits per heavy atom. The second-order valence-electron chi connectivity index (χ2n) is 1.99. The van der Waals surface area contributed by atoms with Gasteiger partial charge < -0.3 is 15.3 Å². The molecule has 0 rings (SSSR count). The molecule has 0 unspecified atom stereocenters. The van der Waals surface area contributed by atoms with Crippen LogP contribution in [0.1, 0.15) is 12.8 Å². The maximum Gasteiger partial charge on any atom is 0.313 e. The van der Waals surface area contributed by atoms with E-state index in [1.54, 1.807) is 22.6 Å². The number of allylic oxidation sites excluding steroid dienone is 1. The SMILES string of the molecule is C=C(O)CCC(=O)O.O=C(O)CI. The number of aliphatic hydroxyl groups excluding tert-OH is 1. The van der Waals surface area contributed by atoms with E-state index in [4.69, 9.17) is 15.3 Å². The van der Waals surface area contributed by atoms with Crippen molar-refractivity contribution >= 4 is 34.5 Å². The third-order valence-electron chi connectivity index (χ3n) is 0.742. The van der Waals surface area contributed by atoms with Gasteiger partial charge in [-0.1, -0.05) is 29.2 Å². The van der Waals surface area contributed by atoms with E-state index in [1.165, 1.54) is 0 Å². The highest BCUT2D eigenvalue weighted by atomic mass is 127. The number of aliphatic hydroxyl groups is 1. The van der Waals surface area contributed by atoms with Gasteiger partial charge in [-0.2, -0.15) is 0 Å². The Balaban J connectivity index is 0. The average Bonchev–Trinajstić information content (AvgIpc) is 2.02. The Morgan fingerprint density at radius 3 is 1.54 bits per heavy atom. The lowest BCUT2D eigenvalue weighted by molar-refractivity contribution is -0.137. The number of carbonyl (C=O) groups is 2. The molecule has 0 spiro atoms. The van der Waals surface area contributed by atoms with Gasteiger partial charge in [-0.05, 0) is 0 Å². The topological polar surface area (TPSA) is 94.8 Å². The third-order valence-corrected chi connectivity index (χ3v) is 1.39. The van der Waals surface area contributed by atoms with Crippen LogP contribution < -0.4 is 0 Å². The average molecular weight is 302 g/mol. The van der Waals surface area contributed by atoms with Crippen LogP contribution in [0.2, 0.25) is 0 Å². The standard InChI is InChI=1S/C5H8O3.C2H3IO2/c1-4(6)2-3-5(7)8;3-1-2(4)5/h6H,1-3H2,(H,7,8);1H2,(H,4,5). The molecular formula is C7H11IO5. The molecule has 0 heterocycles. The summed E-state index contributed by atoms with van der Waals surface area (Å²) < 4.78 is 0.192. The van der Waals surface area contributed by atoms with Crippen LogP contribution in [0.5, 0.6) is 0 Å². The normalized spacial score (nSPS) is 8.08. The van der Waals surface area contributed by atoms with Gasteiger partial charge in [0.25, 0.3) is 0 Å². The highest BCUT2D eigenvalue weighted by molar-refractivity contribution is 14.1. The van der Waals surface area contributed by atoms with Gasteiger partial charge in [-0.25, -0.2) is 0 Å². The molecule has 0 atom stereocenters. The van der Waals surface area contributed by atoms with Gasteiger partial charge in [-0.3, -0.25) is 9.59 Å². The van der Waals surface area contributed by atoms with Gasteiger partial charge >= 0.3 is 11.9 Å². The fraction of sp³-hybridized carbons (Fsp3) is 0.429. The highest BCUT2D eigenvalue weighted by Crippen LogP contribution is 1.95. The second-order valence-corrected chi connectivity index (χ2v) is 2.75. The smallest absolute Gasteiger partial charge is 0.313 e. The maximum atomic E-state index is 9.75. The molecule has 0 aliphatic rings. The van der Waals surface area contributed by atoms with E-state index in [0.717, 1.165) is 0 Å². The van der Waals surface area contributed by atoms with Crippen LogP contribution >= 0.6 is 22.6 Å². The zero-order valence-electron chi connectivity index (χ0n) is 6.86. The van der Waals surface area contributed by atoms with Gasteiger partial charge in [0.2, 0.25) is 0 Å². The molecule has 0 aromatic rings. The fourth-order valence-electron chi connectivity index (χ4n) is 0.251. The first kappa shape index (κ1) is 14.7. The molecule has 0 saturated heterocycles. The molecule has 6 heteroatoms. The van der Waals surface area contributed by atoms with Crippen molar-refractivity contribution in [2.24, 2.45) is 0 Å². The number of halogens is 1. The summed E-state index contributed by atoms with van der Waals surface area (Å²) in [5.74, 6) is -1.75. The molecule has 0 radical (unpaired) electrons. The maximum absolute atomic E-state index is 9.75. The molecule has 3 N–H and O–H groups in total. The number of rotatable bonds is 4. The lowest BCUT2D eigenvalue weighted by Crippen LogP contribution is -1.94. The molecule has 0 aliphatic carbocycles. The number of alkyl halides is 1. The summed E-state index contributed by atoms with van der Waals surface area (Å²) in [7, 11) is 0. The molecular weight excluding hydrogens is 291 g/mol. The molecule has 0 fully saturated rings. The fourth-order valence-corrected chi connectivity index (χ4v) is 0.251. The minimum absolute atomic E-state index is 0.0463. The molecule has 0 aromatic heterocycles. The Labute approximate surface area is 89.2 Å². The van der Waals surface area contributed by atoms with E-state index in [-0.39, 0.29) is 23.0 Å². The van der Waals surface area contributed by atoms with Crippen LogP contribution in [0.4, 0.5) is 0 Å². The van der Waals surface area contributed by atoms with E-state index in [1.807, 2.05) is 0 Å². The van der Waals surface area contributed by atoms with E-state index in [9.17, 15) is 9.59 Å². The monoisotopic (exact) mass is 302 g/mol. The lowest BCUT2D eigenvalue weighted by Gasteiger charge is -1.90. The van der Waals surface area contributed by atoms with Crippen LogP contribution in [-0.4, -0.2) is 31.7 Å². The molecule has 0 aromatic carbocycles. The molecule has 0 bridgehead atoms. The summed E-state index contributed by atoms with van der Waals surface area (Å²) in [6.07, 6.45) is 0.102. The van der Waals surface area contributed by atoms with Crippen molar-refractivity contribution in [1.82, 2.24) is 0 Å². The number of aliphatic carboxylic acids is 2. The van der Waals surface area contributed by atoms with Crippen molar-refractivity contribution in [3.63, 3.8) is 0 Å². The van der Waals surface area contributed by atoms with Crippen molar-refractivity contribution in [1.29, 1.82) is 0 Å². The van der Waals surface area contributed by atoms with Crippen molar-refractivity contribution in [3.05, 3.63) is 12.3 Å². The van der Waals surface area contributed by atoms with Crippen LogP contribution in [0, 0.1) is 0 Å². The number of hydrogen-bond donors (Lipinski definition) is 3. The van der Waals surface area contributed by atoms with Crippen molar-refractivity contribution in [3.8, 4) is 0 Å². The van der Waals surface area contributed by atoms with Crippen LogP contribution in [-0.2, 0) is 9.59 Å². The predicted molar refractivity (Wildman–Crippen MR) is 55.2 cm³/mol. The van der Waals surface area contributed by atoms with E-state index < -0.39 is 11.9 Å². The summed E-state index contributed by atoms with van der Waals surface area (Å²) in [6, 6.07) is 0. The predicted octanol–water partition coefficient (Wildman–Crippen LogP) is 1.43. The highest BCUT2D eigenvalue weighted by Gasteiger charge is 1.95. The van der Waals surface area contributed by atoms with Crippen molar-refractivity contribution < 1.29 is 24.9 Å². The van der Waals surface area contributed by atoms with Gasteiger partial charge in [0.05, 0.1) is 16.6 Å². The molecule has 0 aliphatic heterocycles. The Bertz CT molecular complexity index is 175. The molecule has 0 saturated carbocycles. The Hall–Kier alpha value is -0.790. The van der Waals surface area contributed by atoms with E-state index >= 15 is 0 Å². The number of hydrogen-bond acceptors (Lipinski definition) is 3. The Kier molecular flexibility index (Phi) is 10.5. The first-order valence-corrected chi connectivity index (χ1v) is 4.79. The largest absolute Gasteiger partial charge is 0.513 e. The minimum Gasteiger partial charge on any atom is -0.513 e. The molecule has 76 valence electrons. The molecule has 5 nitrogen and oxygen atoms in total. The van der Waals surface area contributed by atoms with Gasteiger partial charge in [0.15, 0.2) is 0 Å². The summed E-state index contributed by atoms with van der Waals surface area (Å²) in [6.45, 7) is 3.12. The van der Waals surface area contributed by atoms with E-state index in [0.29, 0.717) is 0 Å². The Morgan fingerprint density at radius 1 is 1.08 bits per heavy atom. The van der Waals surface area contributed by atoms with Gasteiger partial charge in [0, 0.05) is 6.42 Å². The minimum atomic E-state index is -0.916. The molecule has 0 amide bonds. The summed E-state index contributed by atoms with van der Waals surface area (Å²) in [5, 5.41) is 24.1. The third kappa shape index (κ3) is 24.7. The summed E-state index contributed by atoms with van der Waals surface area (Å²) >= 11 is 1.78. The van der Waals surface area contributed by atoms with E-state index in [2.05, 4.69) is 6.58 Å². The zero-order valence-corrected chi connectivity index (χ0v) is 9.02. The van der Waals surface area contributed by atoms with Gasteiger partial charge in [-0.15, -0.1) is 0 Å². The van der Waals surface area contributed by atoms with Gasteiger partial charge in [0.1, 0.15) is 0 Å². The number of carboxylic acids is 2. The second kappa shape index (κ2) is 9.30. The first-order valence-electron chi connectivity index (χ1n) is 3.26. The summed E-state index contributed by atoms with van der Waals surface area (Å²) in [4.78, 5) is 19.1. The molecule has 13 heavy (non-hydrogen) atoms. The van der Waals surface area contributed by atoms with Crippen LogP contribution in [0.3, 0.4) is 0 Å². The summed E-state index contributed by atoms with van der Waals surface area (Å²) in [5.41, 5.74) is 0. The van der Waals surface area contributed by atoms with Crippen LogP contribution in [0.25, 0.3) is 0 Å². The lowest BCUT2D eigenvalue weighted by atomic mass is 10.3. The number of carboxylic acid groups (broad SMARTS) is 2. The van der Waals surface area contributed by atoms with Crippen LogP contribution in [0.15, 0.2) is 12.3 Å². The van der Waals surface area contributed by atoms with Crippen molar-refractivity contribution in [2.45, 2.75) is 12.8 Å². The first-order chi connectivity index (χ1) is 5.90. The zero-order chi connectivity index (χ0) is 10.9. The van der Waals surface area contributed by atoms with Crippen molar-refractivity contribution in [2.75, 3.05) is 4.43 Å².